The quantitative estimate of drug-likeness (QED) is 0.182. The number of halogens is 1. The summed E-state index contributed by atoms with van der Waals surface area (Å²) in [6.07, 6.45) is 11.2. The van der Waals surface area contributed by atoms with Gasteiger partial charge in [-0.15, -0.1) is 0 Å². The van der Waals surface area contributed by atoms with Crippen LogP contribution >= 0.6 is 11.6 Å². The summed E-state index contributed by atoms with van der Waals surface area (Å²) in [6, 6.07) is 14.4. The number of aldehydes is 1. The Kier molecular flexibility index (Phi) is 11.6. The molecule has 1 atom stereocenters. The fourth-order valence-electron chi connectivity index (χ4n) is 6.05. The number of ether oxygens (including phenoxy) is 1. The zero-order chi connectivity index (χ0) is 29.8. The Balaban J connectivity index is 1.37. The standard InChI is InChI=1S/C33H43ClN4O4/c1-35-19-9-12-26-11-2-3-14-29(26)42-21-20-36-32(15-4-5-16-32)31(41)38-33(17-6-7-18-33)30(40)37-28(24-39)23-25-10-8-13-27(34)22-25/h2-3,8-14,22,24,28,35-36H,4-7,15-21,23H2,1H3,(H,37,40)(H,38,41)/b12-9+/t28-/m0/s1. The first kappa shape index (κ1) is 31.7. The van der Waals surface area contributed by atoms with Gasteiger partial charge in [-0.25, -0.2) is 0 Å². The van der Waals surface area contributed by atoms with E-state index in [0.717, 1.165) is 55.4 Å². The highest BCUT2D eigenvalue weighted by Gasteiger charge is 2.48. The van der Waals surface area contributed by atoms with E-state index < -0.39 is 17.1 Å². The van der Waals surface area contributed by atoms with Crippen molar-refractivity contribution in [2.45, 2.75) is 74.9 Å². The maximum absolute atomic E-state index is 13.9. The summed E-state index contributed by atoms with van der Waals surface area (Å²) in [4.78, 5) is 39.4. The normalized spacial score (nSPS) is 18.0. The Morgan fingerprint density at radius 3 is 2.38 bits per heavy atom. The predicted octanol–water partition coefficient (Wildman–Crippen LogP) is 4.21. The van der Waals surface area contributed by atoms with Crippen LogP contribution in [0.15, 0.2) is 54.6 Å². The van der Waals surface area contributed by atoms with Gasteiger partial charge in [-0.2, -0.15) is 0 Å². The Morgan fingerprint density at radius 2 is 1.69 bits per heavy atom. The van der Waals surface area contributed by atoms with Crippen LogP contribution in [-0.2, 0) is 20.8 Å². The highest BCUT2D eigenvalue weighted by Crippen LogP contribution is 2.34. The number of hydrogen-bond donors (Lipinski definition) is 4. The molecule has 0 bridgehead atoms. The van der Waals surface area contributed by atoms with Gasteiger partial charge in [0.1, 0.15) is 24.2 Å². The molecule has 9 heteroatoms. The maximum atomic E-state index is 13.9. The molecular formula is C33H43ClN4O4. The van der Waals surface area contributed by atoms with Crippen LogP contribution in [-0.4, -0.2) is 62.0 Å². The largest absolute Gasteiger partial charge is 0.492 e. The summed E-state index contributed by atoms with van der Waals surface area (Å²) < 4.78 is 6.08. The van der Waals surface area contributed by atoms with Crippen molar-refractivity contribution in [1.82, 2.24) is 21.3 Å². The minimum absolute atomic E-state index is 0.148. The van der Waals surface area contributed by atoms with Crippen molar-refractivity contribution in [2.75, 3.05) is 26.7 Å². The van der Waals surface area contributed by atoms with E-state index in [1.807, 2.05) is 55.6 Å². The Labute approximate surface area is 254 Å². The van der Waals surface area contributed by atoms with Crippen LogP contribution in [0.2, 0.25) is 5.02 Å². The van der Waals surface area contributed by atoms with Gasteiger partial charge in [0.05, 0.1) is 11.6 Å². The minimum atomic E-state index is -1.03. The Hall–Kier alpha value is -3.20. The van der Waals surface area contributed by atoms with Crippen molar-refractivity contribution in [3.63, 3.8) is 0 Å². The third-order valence-corrected chi connectivity index (χ3v) is 8.56. The van der Waals surface area contributed by atoms with Gasteiger partial charge >= 0.3 is 0 Å². The summed E-state index contributed by atoms with van der Waals surface area (Å²) >= 11 is 6.10. The molecule has 2 saturated carbocycles. The molecule has 0 unspecified atom stereocenters. The number of rotatable bonds is 15. The Morgan fingerprint density at radius 1 is 0.976 bits per heavy atom. The zero-order valence-electron chi connectivity index (χ0n) is 24.4. The molecular weight excluding hydrogens is 552 g/mol. The van der Waals surface area contributed by atoms with Crippen molar-refractivity contribution in [3.05, 3.63) is 70.8 Å². The molecule has 4 N–H and O–H groups in total. The van der Waals surface area contributed by atoms with Gasteiger partial charge in [0, 0.05) is 23.7 Å². The number of nitrogens with one attached hydrogen (secondary N) is 4. The second-order valence-electron chi connectivity index (χ2n) is 11.4. The summed E-state index contributed by atoms with van der Waals surface area (Å²) in [5, 5.41) is 13.2. The lowest BCUT2D eigenvalue weighted by molar-refractivity contribution is -0.137. The lowest BCUT2D eigenvalue weighted by Gasteiger charge is -2.36. The van der Waals surface area contributed by atoms with E-state index in [2.05, 4.69) is 21.3 Å². The molecule has 42 heavy (non-hydrogen) atoms. The monoisotopic (exact) mass is 594 g/mol. The van der Waals surface area contributed by atoms with Crippen LogP contribution in [0.1, 0.15) is 62.5 Å². The number of carbonyl (C=O) groups excluding carboxylic acids is 3. The van der Waals surface area contributed by atoms with Crippen LogP contribution in [0.25, 0.3) is 6.08 Å². The van der Waals surface area contributed by atoms with Crippen LogP contribution in [0.5, 0.6) is 5.75 Å². The first-order chi connectivity index (χ1) is 20.4. The number of para-hydroxylation sites is 1. The van der Waals surface area contributed by atoms with E-state index in [-0.39, 0.29) is 11.8 Å². The molecule has 0 spiro atoms. The molecule has 226 valence electrons. The van der Waals surface area contributed by atoms with E-state index in [0.29, 0.717) is 50.3 Å². The second-order valence-corrected chi connectivity index (χ2v) is 11.8. The molecule has 2 aromatic rings. The number of amides is 2. The van der Waals surface area contributed by atoms with Gasteiger partial charge in [0.2, 0.25) is 11.8 Å². The van der Waals surface area contributed by atoms with Gasteiger partial charge < -0.3 is 25.5 Å². The van der Waals surface area contributed by atoms with Crippen LogP contribution in [0.4, 0.5) is 0 Å². The van der Waals surface area contributed by atoms with E-state index in [1.165, 1.54) is 0 Å². The van der Waals surface area contributed by atoms with E-state index >= 15 is 0 Å². The smallest absolute Gasteiger partial charge is 0.246 e. The lowest BCUT2D eigenvalue weighted by atomic mass is 9.90. The van der Waals surface area contributed by atoms with E-state index in [1.54, 1.807) is 12.1 Å². The fourth-order valence-corrected chi connectivity index (χ4v) is 6.26. The SMILES string of the molecule is CNC/C=C/c1ccccc1OCCNC1(C(=O)NC2(C(=O)N[C@H](C=O)Cc3cccc(Cl)c3)CCCC2)CCCC1. The molecule has 0 heterocycles. The minimum Gasteiger partial charge on any atom is -0.492 e. The molecule has 2 aromatic carbocycles. The van der Waals surface area contributed by atoms with Gasteiger partial charge in [0.15, 0.2) is 0 Å². The van der Waals surface area contributed by atoms with Crippen molar-refractivity contribution in [1.29, 1.82) is 0 Å². The molecule has 2 aliphatic carbocycles. The molecule has 2 amide bonds. The average molecular weight is 595 g/mol. The van der Waals surface area contributed by atoms with Crippen molar-refractivity contribution < 1.29 is 19.1 Å². The summed E-state index contributed by atoms with van der Waals surface area (Å²) in [5.41, 5.74) is 0.0756. The number of hydrogen-bond acceptors (Lipinski definition) is 6. The molecule has 2 aliphatic rings. The molecule has 0 aliphatic heterocycles. The lowest BCUT2D eigenvalue weighted by Crippen LogP contribution is -2.65. The van der Waals surface area contributed by atoms with Gasteiger partial charge in [-0.05, 0) is 62.9 Å². The number of likely N-dealkylation sites (N-methyl/N-ethyl adjacent to an activating group) is 1. The van der Waals surface area contributed by atoms with Crippen molar-refractivity contribution >= 4 is 35.8 Å². The first-order valence-corrected chi connectivity index (χ1v) is 15.4. The number of benzene rings is 2. The highest BCUT2D eigenvalue weighted by atomic mass is 35.5. The molecule has 2 fully saturated rings. The first-order valence-electron chi connectivity index (χ1n) is 15.0. The highest BCUT2D eigenvalue weighted by molar-refractivity contribution is 6.30. The third kappa shape index (κ3) is 8.21. The average Bonchev–Trinajstić information content (AvgIpc) is 3.67. The van der Waals surface area contributed by atoms with E-state index in [4.69, 9.17) is 16.3 Å². The van der Waals surface area contributed by atoms with Crippen molar-refractivity contribution in [3.8, 4) is 5.75 Å². The van der Waals surface area contributed by atoms with Gasteiger partial charge in [-0.1, -0.05) is 79.8 Å². The van der Waals surface area contributed by atoms with Crippen LogP contribution in [0.3, 0.4) is 0 Å². The topological polar surface area (TPSA) is 109 Å². The van der Waals surface area contributed by atoms with Crippen LogP contribution in [0, 0.1) is 0 Å². The summed E-state index contributed by atoms with van der Waals surface area (Å²) in [5.74, 6) is 0.345. The van der Waals surface area contributed by atoms with Gasteiger partial charge in [-0.3, -0.25) is 14.9 Å². The Bertz CT molecular complexity index is 1240. The molecule has 0 saturated heterocycles. The summed E-state index contributed by atoms with van der Waals surface area (Å²) in [6.45, 7) is 1.67. The van der Waals surface area contributed by atoms with Crippen molar-refractivity contribution in [2.24, 2.45) is 0 Å². The molecule has 4 rings (SSSR count). The predicted molar refractivity (Wildman–Crippen MR) is 167 cm³/mol. The third-order valence-electron chi connectivity index (χ3n) is 8.32. The summed E-state index contributed by atoms with van der Waals surface area (Å²) in [7, 11) is 1.90. The fraction of sp³-hybridized carbons (Fsp3) is 0.485. The van der Waals surface area contributed by atoms with Gasteiger partial charge in [0.25, 0.3) is 0 Å². The second kappa shape index (κ2) is 15.3. The number of carbonyl (C=O) groups is 3. The zero-order valence-corrected chi connectivity index (χ0v) is 25.2. The van der Waals surface area contributed by atoms with Crippen LogP contribution < -0.4 is 26.0 Å². The molecule has 8 nitrogen and oxygen atoms in total. The molecule has 0 radical (unpaired) electrons. The maximum Gasteiger partial charge on any atom is 0.246 e. The van der Waals surface area contributed by atoms with E-state index in [9.17, 15) is 14.4 Å². The molecule has 0 aromatic heterocycles.